The molecule has 0 spiro atoms. The summed E-state index contributed by atoms with van der Waals surface area (Å²) in [6, 6.07) is 0. The first-order valence-electron chi connectivity index (χ1n) is 6.33. The standard InChI is InChI=1S/C12H23N3O/c1-3-5-8-15-11-12(13-14-15)7-10-16-9-6-4-2/h11H,3-10H2,1-2H3. The fourth-order valence-electron chi connectivity index (χ4n) is 1.41. The van der Waals surface area contributed by atoms with Crippen LogP contribution in [0.5, 0.6) is 0 Å². The fraction of sp³-hybridized carbons (Fsp3) is 0.833. The number of aryl methyl sites for hydroxylation is 1. The molecular weight excluding hydrogens is 202 g/mol. The van der Waals surface area contributed by atoms with E-state index in [-0.39, 0.29) is 0 Å². The third-order valence-corrected chi connectivity index (χ3v) is 2.47. The monoisotopic (exact) mass is 225 g/mol. The summed E-state index contributed by atoms with van der Waals surface area (Å²) in [4.78, 5) is 0. The zero-order valence-electron chi connectivity index (χ0n) is 10.5. The summed E-state index contributed by atoms with van der Waals surface area (Å²) in [5, 5.41) is 8.20. The van der Waals surface area contributed by atoms with Crippen LogP contribution in [-0.2, 0) is 17.7 Å². The summed E-state index contributed by atoms with van der Waals surface area (Å²) < 4.78 is 7.41. The van der Waals surface area contributed by atoms with Crippen LogP contribution in [0.1, 0.15) is 45.2 Å². The lowest BCUT2D eigenvalue weighted by atomic mass is 10.3. The second-order valence-corrected chi connectivity index (χ2v) is 4.04. The maximum Gasteiger partial charge on any atom is 0.0850 e. The summed E-state index contributed by atoms with van der Waals surface area (Å²) in [5.41, 5.74) is 1.03. The first-order valence-corrected chi connectivity index (χ1v) is 6.33. The van der Waals surface area contributed by atoms with Crippen LogP contribution in [-0.4, -0.2) is 28.2 Å². The first-order chi connectivity index (χ1) is 7.86. The summed E-state index contributed by atoms with van der Waals surface area (Å²) in [6.07, 6.45) is 7.58. The van der Waals surface area contributed by atoms with E-state index in [4.69, 9.17) is 4.74 Å². The van der Waals surface area contributed by atoms with Crippen LogP contribution in [0.25, 0.3) is 0 Å². The van der Waals surface area contributed by atoms with E-state index in [1.54, 1.807) is 0 Å². The molecule has 0 N–H and O–H groups in total. The lowest BCUT2D eigenvalue weighted by molar-refractivity contribution is 0.133. The van der Waals surface area contributed by atoms with E-state index in [9.17, 15) is 0 Å². The molecule has 0 saturated carbocycles. The number of unbranched alkanes of at least 4 members (excludes halogenated alkanes) is 2. The SMILES string of the molecule is CCCCOCCc1cn(CCCC)nn1. The van der Waals surface area contributed by atoms with Gasteiger partial charge in [0.05, 0.1) is 12.3 Å². The minimum atomic E-state index is 0.756. The zero-order valence-corrected chi connectivity index (χ0v) is 10.5. The van der Waals surface area contributed by atoms with Gasteiger partial charge in [-0.15, -0.1) is 5.10 Å². The summed E-state index contributed by atoms with van der Waals surface area (Å²) in [6.45, 7) is 6.94. The van der Waals surface area contributed by atoms with Crippen LogP contribution in [0.2, 0.25) is 0 Å². The molecule has 4 nitrogen and oxygen atoms in total. The van der Waals surface area contributed by atoms with Gasteiger partial charge in [-0.05, 0) is 12.8 Å². The fourth-order valence-corrected chi connectivity index (χ4v) is 1.41. The quantitative estimate of drug-likeness (QED) is 0.606. The summed E-state index contributed by atoms with van der Waals surface area (Å²) in [5.74, 6) is 0. The number of hydrogen-bond donors (Lipinski definition) is 0. The molecule has 1 aromatic heterocycles. The van der Waals surface area contributed by atoms with Gasteiger partial charge in [0.15, 0.2) is 0 Å². The zero-order chi connectivity index (χ0) is 11.6. The molecule has 0 atom stereocenters. The molecule has 0 aliphatic carbocycles. The van der Waals surface area contributed by atoms with Gasteiger partial charge >= 0.3 is 0 Å². The average molecular weight is 225 g/mol. The van der Waals surface area contributed by atoms with E-state index in [0.29, 0.717) is 0 Å². The van der Waals surface area contributed by atoms with E-state index < -0.39 is 0 Å². The van der Waals surface area contributed by atoms with Crippen LogP contribution in [0, 0.1) is 0 Å². The second kappa shape index (κ2) is 8.28. The Morgan fingerprint density at radius 3 is 2.75 bits per heavy atom. The molecule has 1 rings (SSSR count). The van der Waals surface area contributed by atoms with E-state index in [1.807, 2.05) is 10.9 Å². The number of rotatable bonds is 9. The van der Waals surface area contributed by atoms with Crippen LogP contribution in [0.15, 0.2) is 6.20 Å². The van der Waals surface area contributed by atoms with Crippen molar-refractivity contribution < 1.29 is 4.74 Å². The molecule has 16 heavy (non-hydrogen) atoms. The molecule has 0 radical (unpaired) electrons. The highest BCUT2D eigenvalue weighted by atomic mass is 16.5. The van der Waals surface area contributed by atoms with E-state index in [1.165, 1.54) is 12.8 Å². The number of hydrogen-bond acceptors (Lipinski definition) is 3. The van der Waals surface area contributed by atoms with Crippen molar-refractivity contribution in [2.45, 2.75) is 52.5 Å². The van der Waals surface area contributed by atoms with Gasteiger partial charge < -0.3 is 4.74 Å². The van der Waals surface area contributed by atoms with Crippen molar-refractivity contribution in [3.8, 4) is 0 Å². The Morgan fingerprint density at radius 1 is 1.19 bits per heavy atom. The summed E-state index contributed by atoms with van der Waals surface area (Å²) >= 11 is 0. The van der Waals surface area contributed by atoms with E-state index >= 15 is 0 Å². The van der Waals surface area contributed by atoms with Gasteiger partial charge in [-0.1, -0.05) is 31.9 Å². The highest BCUT2D eigenvalue weighted by Gasteiger charge is 2.00. The molecule has 0 saturated heterocycles. The normalized spacial score (nSPS) is 10.9. The van der Waals surface area contributed by atoms with Crippen molar-refractivity contribution in [2.24, 2.45) is 0 Å². The second-order valence-electron chi connectivity index (χ2n) is 4.04. The van der Waals surface area contributed by atoms with Crippen molar-refractivity contribution in [3.63, 3.8) is 0 Å². The summed E-state index contributed by atoms with van der Waals surface area (Å²) in [7, 11) is 0. The van der Waals surface area contributed by atoms with Gasteiger partial charge in [-0.25, -0.2) is 0 Å². The third kappa shape index (κ3) is 5.26. The van der Waals surface area contributed by atoms with Crippen LogP contribution < -0.4 is 0 Å². The van der Waals surface area contributed by atoms with Crippen molar-refractivity contribution in [3.05, 3.63) is 11.9 Å². The Labute approximate surface area is 98.0 Å². The van der Waals surface area contributed by atoms with E-state index in [0.717, 1.165) is 44.7 Å². The molecule has 0 aliphatic rings. The molecule has 1 heterocycles. The van der Waals surface area contributed by atoms with Crippen molar-refractivity contribution in [1.82, 2.24) is 15.0 Å². The van der Waals surface area contributed by atoms with Gasteiger partial charge in [0.25, 0.3) is 0 Å². The van der Waals surface area contributed by atoms with Gasteiger partial charge in [0.2, 0.25) is 0 Å². The molecular formula is C12H23N3O. The first kappa shape index (κ1) is 13.2. The highest BCUT2D eigenvalue weighted by molar-refractivity contribution is 4.92. The predicted octanol–water partition coefficient (Wildman–Crippen LogP) is 2.44. The lowest BCUT2D eigenvalue weighted by Crippen LogP contribution is -2.00. The molecule has 0 bridgehead atoms. The largest absolute Gasteiger partial charge is 0.381 e. The van der Waals surface area contributed by atoms with Crippen LogP contribution in [0.4, 0.5) is 0 Å². The molecule has 0 aliphatic heterocycles. The topological polar surface area (TPSA) is 39.9 Å². The van der Waals surface area contributed by atoms with Gasteiger partial charge in [0, 0.05) is 25.8 Å². The Kier molecular flexibility index (Phi) is 6.81. The molecule has 0 unspecified atom stereocenters. The van der Waals surface area contributed by atoms with Crippen molar-refractivity contribution >= 4 is 0 Å². The average Bonchev–Trinajstić information content (AvgIpc) is 2.74. The maximum absolute atomic E-state index is 5.49. The lowest BCUT2D eigenvalue weighted by Gasteiger charge is -2.00. The van der Waals surface area contributed by atoms with Gasteiger partial charge in [0.1, 0.15) is 0 Å². The predicted molar refractivity (Wildman–Crippen MR) is 64.4 cm³/mol. The van der Waals surface area contributed by atoms with Crippen LogP contribution in [0.3, 0.4) is 0 Å². The Morgan fingerprint density at radius 2 is 2.00 bits per heavy atom. The Hall–Kier alpha value is -0.900. The smallest absolute Gasteiger partial charge is 0.0850 e. The highest BCUT2D eigenvalue weighted by Crippen LogP contribution is 1.98. The molecule has 1 aromatic rings. The van der Waals surface area contributed by atoms with Gasteiger partial charge in [-0.2, -0.15) is 0 Å². The van der Waals surface area contributed by atoms with E-state index in [2.05, 4.69) is 24.2 Å². The Balaban J connectivity index is 2.14. The third-order valence-electron chi connectivity index (χ3n) is 2.47. The van der Waals surface area contributed by atoms with Crippen LogP contribution >= 0.6 is 0 Å². The number of nitrogens with zero attached hydrogens (tertiary/aromatic N) is 3. The minimum absolute atomic E-state index is 0.756. The van der Waals surface area contributed by atoms with Crippen molar-refractivity contribution in [1.29, 1.82) is 0 Å². The van der Waals surface area contributed by atoms with Crippen molar-refractivity contribution in [2.75, 3.05) is 13.2 Å². The molecule has 0 aromatic carbocycles. The number of aromatic nitrogens is 3. The molecule has 92 valence electrons. The molecule has 0 fully saturated rings. The molecule has 4 heteroatoms. The minimum Gasteiger partial charge on any atom is -0.381 e. The maximum atomic E-state index is 5.49. The molecule has 0 amide bonds. The van der Waals surface area contributed by atoms with Gasteiger partial charge in [-0.3, -0.25) is 4.68 Å². The number of ether oxygens (including phenoxy) is 1. The Bertz CT molecular complexity index is 273.